The molecule has 0 fully saturated rings. The molecule has 0 aliphatic carbocycles. The standard InChI is InChI=1S/C19H20N2O2S/c1-13-6-5-8-15(10-13)21-18(22)20-12-19(2,23)17-11-14-7-3-4-9-16(14)24-17/h3-11,23H,12H2,1-2H3,(H2,20,21,22). The van der Waals surface area contributed by atoms with E-state index in [0.29, 0.717) is 0 Å². The van der Waals surface area contributed by atoms with E-state index in [4.69, 9.17) is 0 Å². The molecule has 2 amide bonds. The first-order valence-corrected chi connectivity index (χ1v) is 8.59. The molecule has 4 nitrogen and oxygen atoms in total. The van der Waals surface area contributed by atoms with Crippen LogP contribution in [0.15, 0.2) is 54.6 Å². The Morgan fingerprint density at radius 3 is 2.71 bits per heavy atom. The highest BCUT2D eigenvalue weighted by atomic mass is 32.1. The molecular weight excluding hydrogens is 320 g/mol. The van der Waals surface area contributed by atoms with Gasteiger partial charge in [0.05, 0.1) is 6.54 Å². The highest BCUT2D eigenvalue weighted by molar-refractivity contribution is 7.19. The molecule has 0 saturated heterocycles. The van der Waals surface area contributed by atoms with E-state index < -0.39 is 5.60 Å². The van der Waals surface area contributed by atoms with Gasteiger partial charge in [0, 0.05) is 15.3 Å². The molecule has 3 rings (SSSR count). The van der Waals surface area contributed by atoms with Crippen LogP contribution in [0.2, 0.25) is 0 Å². The minimum absolute atomic E-state index is 0.136. The van der Waals surface area contributed by atoms with Crippen molar-refractivity contribution in [3.8, 4) is 0 Å². The molecule has 0 bridgehead atoms. The molecule has 124 valence electrons. The van der Waals surface area contributed by atoms with Crippen LogP contribution < -0.4 is 10.6 Å². The highest BCUT2D eigenvalue weighted by Gasteiger charge is 2.26. The second-order valence-electron chi connectivity index (χ2n) is 6.10. The Balaban J connectivity index is 1.64. The number of hydrogen-bond acceptors (Lipinski definition) is 3. The SMILES string of the molecule is Cc1cccc(NC(=O)NCC(C)(O)c2cc3ccccc3s2)c1. The van der Waals surface area contributed by atoms with Crippen LogP contribution in [0.1, 0.15) is 17.4 Å². The highest BCUT2D eigenvalue weighted by Crippen LogP contribution is 2.32. The molecule has 0 aliphatic heterocycles. The summed E-state index contributed by atoms with van der Waals surface area (Å²) in [6.07, 6.45) is 0. The van der Waals surface area contributed by atoms with Crippen LogP contribution in [0, 0.1) is 6.92 Å². The molecule has 1 atom stereocenters. The average molecular weight is 340 g/mol. The number of carbonyl (C=O) groups excluding carboxylic acids is 1. The van der Waals surface area contributed by atoms with Crippen molar-refractivity contribution in [1.82, 2.24) is 5.32 Å². The number of rotatable bonds is 4. The molecule has 3 N–H and O–H groups in total. The Morgan fingerprint density at radius 2 is 1.96 bits per heavy atom. The first kappa shape index (κ1) is 16.5. The lowest BCUT2D eigenvalue weighted by atomic mass is 10.0. The van der Waals surface area contributed by atoms with Gasteiger partial charge in [-0.2, -0.15) is 0 Å². The van der Waals surface area contributed by atoms with Crippen LogP contribution in [0.4, 0.5) is 10.5 Å². The summed E-state index contributed by atoms with van der Waals surface area (Å²) >= 11 is 1.54. The van der Waals surface area contributed by atoms with Crippen molar-refractivity contribution in [2.45, 2.75) is 19.4 Å². The summed E-state index contributed by atoms with van der Waals surface area (Å²) in [5.74, 6) is 0. The summed E-state index contributed by atoms with van der Waals surface area (Å²) < 4.78 is 1.12. The smallest absolute Gasteiger partial charge is 0.319 e. The Kier molecular flexibility index (Phi) is 4.55. The number of aryl methyl sites for hydroxylation is 1. The normalized spacial score (nSPS) is 13.5. The lowest BCUT2D eigenvalue weighted by Gasteiger charge is -2.22. The fourth-order valence-corrected chi connectivity index (χ4v) is 3.59. The van der Waals surface area contributed by atoms with Crippen molar-refractivity contribution in [3.05, 3.63) is 65.0 Å². The summed E-state index contributed by atoms with van der Waals surface area (Å²) in [4.78, 5) is 12.9. The average Bonchev–Trinajstić information content (AvgIpc) is 2.98. The molecule has 2 aromatic carbocycles. The monoisotopic (exact) mass is 340 g/mol. The van der Waals surface area contributed by atoms with Crippen LogP contribution in [0.5, 0.6) is 0 Å². The molecule has 0 spiro atoms. The van der Waals surface area contributed by atoms with Crippen molar-refractivity contribution < 1.29 is 9.90 Å². The molecule has 24 heavy (non-hydrogen) atoms. The van der Waals surface area contributed by atoms with Gasteiger partial charge in [-0.3, -0.25) is 0 Å². The fraction of sp³-hybridized carbons (Fsp3) is 0.211. The molecule has 1 aromatic heterocycles. The number of urea groups is 1. The number of thiophene rings is 1. The second-order valence-corrected chi connectivity index (χ2v) is 7.18. The predicted octanol–water partition coefficient (Wildman–Crippen LogP) is 4.24. The summed E-state index contributed by atoms with van der Waals surface area (Å²) in [7, 11) is 0. The molecule has 0 saturated carbocycles. The van der Waals surface area contributed by atoms with E-state index in [2.05, 4.69) is 10.6 Å². The van der Waals surface area contributed by atoms with Gasteiger partial charge in [0.2, 0.25) is 0 Å². The molecule has 1 heterocycles. The number of amides is 2. The van der Waals surface area contributed by atoms with Gasteiger partial charge in [0.25, 0.3) is 0 Å². The third-order valence-electron chi connectivity index (χ3n) is 3.83. The second kappa shape index (κ2) is 6.63. The van der Waals surface area contributed by atoms with Gasteiger partial charge in [-0.1, -0.05) is 30.3 Å². The molecular formula is C19H20N2O2S. The first-order chi connectivity index (χ1) is 11.4. The van der Waals surface area contributed by atoms with Crippen LogP contribution >= 0.6 is 11.3 Å². The maximum absolute atomic E-state index is 12.0. The first-order valence-electron chi connectivity index (χ1n) is 7.77. The van der Waals surface area contributed by atoms with Crippen LogP contribution in [0.3, 0.4) is 0 Å². The van der Waals surface area contributed by atoms with E-state index in [9.17, 15) is 9.90 Å². The summed E-state index contributed by atoms with van der Waals surface area (Å²) in [5, 5.41) is 17.3. The summed E-state index contributed by atoms with van der Waals surface area (Å²) in [5.41, 5.74) is 0.687. The summed E-state index contributed by atoms with van der Waals surface area (Å²) in [6.45, 7) is 3.82. The van der Waals surface area contributed by atoms with Gasteiger partial charge < -0.3 is 15.7 Å². The quantitative estimate of drug-likeness (QED) is 0.665. The van der Waals surface area contributed by atoms with E-state index in [0.717, 1.165) is 26.2 Å². The zero-order valence-electron chi connectivity index (χ0n) is 13.7. The Bertz CT molecular complexity index is 837. The van der Waals surface area contributed by atoms with Crippen LogP contribution in [0.25, 0.3) is 10.1 Å². The maximum Gasteiger partial charge on any atom is 0.319 e. The van der Waals surface area contributed by atoms with Gasteiger partial charge >= 0.3 is 6.03 Å². The largest absolute Gasteiger partial charge is 0.383 e. The van der Waals surface area contributed by atoms with E-state index >= 15 is 0 Å². The van der Waals surface area contributed by atoms with Gasteiger partial charge in [0.1, 0.15) is 5.60 Å². The van der Waals surface area contributed by atoms with E-state index in [1.165, 1.54) is 0 Å². The third-order valence-corrected chi connectivity index (χ3v) is 5.19. The maximum atomic E-state index is 12.0. The van der Waals surface area contributed by atoms with E-state index in [1.54, 1.807) is 18.3 Å². The van der Waals surface area contributed by atoms with Gasteiger partial charge in [-0.25, -0.2) is 4.79 Å². The Labute approximate surface area is 145 Å². The van der Waals surface area contributed by atoms with Crippen LogP contribution in [-0.4, -0.2) is 17.7 Å². The number of hydrogen-bond donors (Lipinski definition) is 3. The van der Waals surface area contributed by atoms with Crippen LogP contribution in [-0.2, 0) is 5.60 Å². The van der Waals surface area contributed by atoms with Gasteiger partial charge in [-0.05, 0) is 49.1 Å². The third kappa shape index (κ3) is 3.75. The zero-order chi connectivity index (χ0) is 17.2. The van der Waals surface area contributed by atoms with Crippen molar-refractivity contribution in [3.63, 3.8) is 0 Å². The number of fused-ring (bicyclic) bond motifs is 1. The molecule has 0 aliphatic rings. The molecule has 3 aromatic rings. The Hall–Kier alpha value is -2.37. The van der Waals surface area contributed by atoms with E-state index in [1.807, 2.05) is 61.5 Å². The Morgan fingerprint density at radius 1 is 1.17 bits per heavy atom. The molecule has 0 radical (unpaired) electrons. The number of benzene rings is 2. The lowest BCUT2D eigenvalue weighted by Crippen LogP contribution is -2.40. The number of anilines is 1. The van der Waals surface area contributed by atoms with Gasteiger partial charge in [0.15, 0.2) is 0 Å². The van der Waals surface area contributed by atoms with Crippen molar-refractivity contribution >= 4 is 33.1 Å². The van der Waals surface area contributed by atoms with Crippen molar-refractivity contribution in [1.29, 1.82) is 0 Å². The minimum Gasteiger partial charge on any atom is -0.383 e. The van der Waals surface area contributed by atoms with E-state index in [-0.39, 0.29) is 12.6 Å². The predicted molar refractivity (Wildman–Crippen MR) is 99.6 cm³/mol. The number of nitrogens with one attached hydrogen (secondary N) is 2. The summed E-state index contributed by atoms with van der Waals surface area (Å²) in [6, 6.07) is 17.2. The van der Waals surface area contributed by atoms with Crippen molar-refractivity contribution in [2.24, 2.45) is 0 Å². The number of carbonyl (C=O) groups is 1. The lowest BCUT2D eigenvalue weighted by molar-refractivity contribution is 0.0638. The molecule has 1 unspecified atom stereocenters. The topological polar surface area (TPSA) is 61.4 Å². The minimum atomic E-state index is -1.12. The van der Waals surface area contributed by atoms with Crippen molar-refractivity contribution in [2.75, 3.05) is 11.9 Å². The molecule has 5 heteroatoms. The zero-order valence-corrected chi connectivity index (χ0v) is 14.5. The van der Waals surface area contributed by atoms with Gasteiger partial charge in [-0.15, -0.1) is 11.3 Å². The number of aliphatic hydroxyl groups is 1. The fourth-order valence-electron chi connectivity index (χ4n) is 2.48.